The van der Waals surface area contributed by atoms with E-state index in [1.54, 1.807) is 0 Å². The molecule has 0 bridgehead atoms. The van der Waals surface area contributed by atoms with Gasteiger partial charge < -0.3 is 14.3 Å². The number of hydrogen-bond acceptors (Lipinski definition) is 4. The summed E-state index contributed by atoms with van der Waals surface area (Å²) < 4.78 is 11.0. The van der Waals surface area contributed by atoms with Crippen LogP contribution in [0.15, 0.2) is 34.7 Å². The Bertz CT molecular complexity index is 483. The lowest BCUT2D eigenvalue weighted by atomic mass is 10.2. The number of aliphatic hydroxyl groups excluding tert-OH is 1. The zero-order chi connectivity index (χ0) is 12.4. The Balaban J connectivity index is 1.72. The van der Waals surface area contributed by atoms with Gasteiger partial charge in [-0.15, -0.1) is 0 Å². The van der Waals surface area contributed by atoms with Crippen LogP contribution in [-0.4, -0.2) is 42.9 Å². The molecule has 18 heavy (non-hydrogen) atoms. The van der Waals surface area contributed by atoms with Crippen LogP contribution in [0.4, 0.5) is 0 Å². The Morgan fingerprint density at radius 3 is 2.78 bits per heavy atom. The number of benzene rings is 1. The minimum absolute atomic E-state index is 0.574. The van der Waals surface area contributed by atoms with Gasteiger partial charge in [0, 0.05) is 25.0 Å². The Kier molecular flexibility index (Phi) is 3.32. The van der Waals surface area contributed by atoms with Gasteiger partial charge in [0.2, 0.25) is 0 Å². The topological polar surface area (TPSA) is 45.8 Å². The standard InChI is InChI=1S/C14H17NO3/c16-12(10-15-5-7-17-8-6-15)14-9-11-3-1-2-4-13(11)18-14/h1-4,9,12,16H,5-8,10H2/t12-/m0/s1. The third kappa shape index (κ3) is 2.41. The lowest BCUT2D eigenvalue weighted by Gasteiger charge is -2.27. The average Bonchev–Trinajstić information content (AvgIpc) is 2.84. The van der Waals surface area contributed by atoms with Gasteiger partial charge in [-0.3, -0.25) is 4.90 Å². The van der Waals surface area contributed by atoms with Gasteiger partial charge >= 0.3 is 0 Å². The molecule has 0 saturated carbocycles. The molecule has 1 saturated heterocycles. The van der Waals surface area contributed by atoms with Crippen molar-refractivity contribution in [3.8, 4) is 0 Å². The predicted molar refractivity (Wildman–Crippen MR) is 68.4 cm³/mol. The summed E-state index contributed by atoms with van der Waals surface area (Å²) in [7, 11) is 0. The van der Waals surface area contributed by atoms with Crippen molar-refractivity contribution in [2.75, 3.05) is 32.8 Å². The molecule has 0 spiro atoms. The van der Waals surface area contributed by atoms with Crippen LogP contribution in [0.5, 0.6) is 0 Å². The van der Waals surface area contributed by atoms with Gasteiger partial charge in [-0.2, -0.15) is 0 Å². The van der Waals surface area contributed by atoms with Crippen molar-refractivity contribution in [1.29, 1.82) is 0 Å². The minimum Gasteiger partial charge on any atom is -0.458 e. The van der Waals surface area contributed by atoms with Gasteiger partial charge in [0.05, 0.1) is 13.2 Å². The van der Waals surface area contributed by atoms with Crippen LogP contribution in [0.3, 0.4) is 0 Å². The number of rotatable bonds is 3. The first-order valence-corrected chi connectivity index (χ1v) is 6.29. The molecule has 0 amide bonds. The minimum atomic E-state index is -0.574. The van der Waals surface area contributed by atoms with Crippen molar-refractivity contribution < 1.29 is 14.3 Å². The number of ether oxygens (including phenoxy) is 1. The van der Waals surface area contributed by atoms with E-state index in [-0.39, 0.29) is 0 Å². The lowest BCUT2D eigenvalue weighted by molar-refractivity contribution is 0.0104. The van der Waals surface area contributed by atoms with Crippen molar-refractivity contribution in [3.63, 3.8) is 0 Å². The van der Waals surface area contributed by atoms with Crippen LogP contribution >= 0.6 is 0 Å². The lowest BCUT2D eigenvalue weighted by Crippen LogP contribution is -2.38. The summed E-state index contributed by atoms with van der Waals surface area (Å²) >= 11 is 0. The second-order valence-corrected chi connectivity index (χ2v) is 4.62. The Labute approximate surface area is 106 Å². The Hall–Kier alpha value is -1.36. The molecule has 96 valence electrons. The molecule has 0 aliphatic carbocycles. The van der Waals surface area contributed by atoms with Crippen LogP contribution in [0.2, 0.25) is 0 Å². The number of furan rings is 1. The van der Waals surface area contributed by atoms with E-state index in [0.717, 1.165) is 37.3 Å². The normalized spacial score (nSPS) is 19.2. The highest BCUT2D eigenvalue weighted by Crippen LogP contribution is 2.24. The van der Waals surface area contributed by atoms with Gasteiger partial charge in [-0.25, -0.2) is 0 Å². The van der Waals surface area contributed by atoms with Gasteiger partial charge in [0.15, 0.2) is 0 Å². The summed E-state index contributed by atoms with van der Waals surface area (Å²) in [6.07, 6.45) is -0.574. The van der Waals surface area contributed by atoms with Gasteiger partial charge in [0.25, 0.3) is 0 Å². The molecule has 0 radical (unpaired) electrons. The number of β-amino-alcohol motifs (C(OH)–C–C–N with tert-alkyl or cyclic N) is 1. The summed E-state index contributed by atoms with van der Waals surface area (Å²) in [5, 5.41) is 11.2. The quantitative estimate of drug-likeness (QED) is 0.898. The molecule has 0 unspecified atom stereocenters. The van der Waals surface area contributed by atoms with Crippen molar-refractivity contribution in [3.05, 3.63) is 36.1 Å². The fourth-order valence-corrected chi connectivity index (χ4v) is 2.28. The van der Waals surface area contributed by atoms with Crippen molar-refractivity contribution in [2.45, 2.75) is 6.10 Å². The monoisotopic (exact) mass is 247 g/mol. The van der Waals surface area contributed by atoms with Gasteiger partial charge in [0.1, 0.15) is 17.4 Å². The number of morpholine rings is 1. The van der Waals surface area contributed by atoms with Crippen molar-refractivity contribution >= 4 is 11.0 Å². The zero-order valence-electron chi connectivity index (χ0n) is 10.2. The van der Waals surface area contributed by atoms with Crippen LogP contribution in [0, 0.1) is 0 Å². The van der Waals surface area contributed by atoms with E-state index in [1.807, 2.05) is 30.3 Å². The van der Waals surface area contributed by atoms with E-state index in [4.69, 9.17) is 9.15 Å². The van der Waals surface area contributed by atoms with Crippen LogP contribution < -0.4 is 0 Å². The summed E-state index contributed by atoms with van der Waals surface area (Å²) in [6, 6.07) is 9.73. The Morgan fingerprint density at radius 1 is 1.22 bits per heavy atom. The summed E-state index contributed by atoms with van der Waals surface area (Å²) in [4.78, 5) is 2.20. The zero-order valence-corrected chi connectivity index (χ0v) is 10.2. The highest BCUT2D eigenvalue weighted by atomic mass is 16.5. The SMILES string of the molecule is O[C@@H](CN1CCOCC1)c1cc2ccccc2o1. The maximum Gasteiger partial charge on any atom is 0.135 e. The molecule has 4 heteroatoms. The van der Waals surface area contributed by atoms with E-state index in [0.29, 0.717) is 12.3 Å². The molecule has 4 nitrogen and oxygen atoms in total. The maximum absolute atomic E-state index is 10.2. The highest BCUT2D eigenvalue weighted by molar-refractivity contribution is 5.77. The molecule has 1 atom stereocenters. The number of nitrogens with zero attached hydrogens (tertiary/aromatic N) is 1. The van der Waals surface area contributed by atoms with Gasteiger partial charge in [-0.05, 0) is 12.1 Å². The molecule has 1 N–H and O–H groups in total. The molecular formula is C14H17NO3. The van der Waals surface area contributed by atoms with E-state index >= 15 is 0 Å². The number of para-hydroxylation sites is 1. The number of aliphatic hydroxyl groups is 1. The summed E-state index contributed by atoms with van der Waals surface area (Å²) in [6.45, 7) is 3.83. The maximum atomic E-state index is 10.2. The van der Waals surface area contributed by atoms with Crippen molar-refractivity contribution in [2.24, 2.45) is 0 Å². The Morgan fingerprint density at radius 2 is 2.00 bits per heavy atom. The van der Waals surface area contributed by atoms with Gasteiger partial charge in [-0.1, -0.05) is 18.2 Å². The molecule has 1 aromatic heterocycles. The largest absolute Gasteiger partial charge is 0.458 e. The highest BCUT2D eigenvalue weighted by Gasteiger charge is 2.18. The molecule has 2 heterocycles. The fourth-order valence-electron chi connectivity index (χ4n) is 2.28. The van der Waals surface area contributed by atoms with E-state index in [1.165, 1.54) is 0 Å². The smallest absolute Gasteiger partial charge is 0.135 e. The third-order valence-corrected chi connectivity index (χ3v) is 3.31. The number of hydrogen-bond donors (Lipinski definition) is 1. The molecule has 2 aromatic rings. The fraction of sp³-hybridized carbons (Fsp3) is 0.429. The molecule has 3 rings (SSSR count). The first-order valence-electron chi connectivity index (χ1n) is 6.29. The van der Waals surface area contributed by atoms with E-state index in [2.05, 4.69) is 4.90 Å². The molecule has 1 fully saturated rings. The number of fused-ring (bicyclic) bond motifs is 1. The van der Waals surface area contributed by atoms with E-state index in [9.17, 15) is 5.11 Å². The summed E-state index contributed by atoms with van der Waals surface area (Å²) in [5.74, 6) is 0.641. The first-order chi connectivity index (χ1) is 8.83. The van der Waals surface area contributed by atoms with Crippen molar-refractivity contribution in [1.82, 2.24) is 4.90 Å². The van der Waals surface area contributed by atoms with E-state index < -0.39 is 6.10 Å². The second kappa shape index (κ2) is 5.10. The third-order valence-electron chi connectivity index (χ3n) is 3.31. The molecule has 1 aliphatic heterocycles. The second-order valence-electron chi connectivity index (χ2n) is 4.62. The van der Waals surface area contributed by atoms with Crippen LogP contribution in [-0.2, 0) is 4.74 Å². The average molecular weight is 247 g/mol. The van der Waals surface area contributed by atoms with Crippen LogP contribution in [0.1, 0.15) is 11.9 Å². The first kappa shape index (κ1) is 11.7. The molecule has 1 aromatic carbocycles. The van der Waals surface area contributed by atoms with Crippen LogP contribution in [0.25, 0.3) is 11.0 Å². The summed E-state index contributed by atoms with van der Waals surface area (Å²) in [5.41, 5.74) is 0.827. The predicted octanol–water partition coefficient (Wildman–Crippen LogP) is 1.80. The molecule has 1 aliphatic rings. The molecular weight excluding hydrogens is 230 g/mol.